The van der Waals surface area contributed by atoms with Crippen molar-refractivity contribution in [1.29, 1.82) is 0 Å². The van der Waals surface area contributed by atoms with Crippen LogP contribution < -0.4 is 10.6 Å². The van der Waals surface area contributed by atoms with Gasteiger partial charge < -0.3 is 10.6 Å². The number of nitrogens with one attached hydrogen (secondary N) is 2. The molecule has 0 aromatic heterocycles. The molecule has 0 saturated carbocycles. The van der Waals surface area contributed by atoms with Crippen LogP contribution in [0.15, 0.2) is 42.5 Å². The smallest absolute Gasteiger partial charge is 0.308 e. The minimum atomic E-state index is -4.47. The number of terminal acetylenes is 1. The lowest BCUT2D eigenvalue weighted by Gasteiger charge is -2.11. The Morgan fingerprint density at radius 1 is 1.09 bits per heavy atom. The summed E-state index contributed by atoms with van der Waals surface area (Å²) in [6.45, 7) is 1.83. The molecule has 2 aromatic carbocycles. The molecule has 0 spiro atoms. The van der Waals surface area contributed by atoms with E-state index >= 15 is 0 Å². The fourth-order valence-corrected chi connectivity index (χ4v) is 1.92. The first-order valence-corrected chi connectivity index (χ1v) is 6.62. The first-order chi connectivity index (χ1) is 10.8. The van der Waals surface area contributed by atoms with Gasteiger partial charge >= 0.3 is 12.2 Å². The molecule has 0 fully saturated rings. The van der Waals surface area contributed by atoms with Crippen molar-refractivity contribution >= 4 is 17.4 Å². The Balaban J connectivity index is 2.10. The molecule has 0 aliphatic rings. The molecule has 2 N–H and O–H groups in total. The van der Waals surface area contributed by atoms with Crippen LogP contribution in [-0.2, 0) is 6.18 Å². The summed E-state index contributed by atoms with van der Waals surface area (Å²) in [7, 11) is 0. The third-order valence-electron chi connectivity index (χ3n) is 3.10. The molecule has 2 rings (SSSR count). The number of hydrogen-bond donors (Lipinski definition) is 2. The highest BCUT2D eigenvalue weighted by Gasteiger charge is 2.30. The Labute approximate surface area is 131 Å². The summed E-state index contributed by atoms with van der Waals surface area (Å²) in [6.07, 6.45) is 0.881. The Bertz CT molecular complexity index is 776. The Morgan fingerprint density at radius 2 is 1.74 bits per heavy atom. The van der Waals surface area contributed by atoms with Gasteiger partial charge in [-0.2, -0.15) is 13.2 Å². The zero-order chi connectivity index (χ0) is 17.0. The van der Waals surface area contributed by atoms with Crippen molar-refractivity contribution in [2.45, 2.75) is 13.1 Å². The number of benzene rings is 2. The van der Waals surface area contributed by atoms with E-state index in [-0.39, 0.29) is 5.69 Å². The molecule has 0 heterocycles. The number of carbonyl (C=O) groups is 1. The van der Waals surface area contributed by atoms with Crippen molar-refractivity contribution in [1.82, 2.24) is 0 Å². The monoisotopic (exact) mass is 318 g/mol. The van der Waals surface area contributed by atoms with Crippen LogP contribution >= 0.6 is 0 Å². The van der Waals surface area contributed by atoms with Gasteiger partial charge in [0.05, 0.1) is 5.56 Å². The average Bonchev–Trinajstić information content (AvgIpc) is 2.48. The number of aryl methyl sites for hydroxylation is 1. The van der Waals surface area contributed by atoms with E-state index in [9.17, 15) is 18.0 Å². The number of anilines is 2. The second-order valence-corrected chi connectivity index (χ2v) is 4.83. The molecule has 0 atom stereocenters. The predicted molar refractivity (Wildman–Crippen MR) is 83.2 cm³/mol. The molecular formula is C17H13F3N2O. The van der Waals surface area contributed by atoms with Crippen molar-refractivity contribution in [3.63, 3.8) is 0 Å². The van der Waals surface area contributed by atoms with Gasteiger partial charge in [-0.25, -0.2) is 4.79 Å². The van der Waals surface area contributed by atoms with E-state index in [0.29, 0.717) is 11.3 Å². The molecule has 0 aliphatic heterocycles. The largest absolute Gasteiger partial charge is 0.416 e. The quantitative estimate of drug-likeness (QED) is 0.778. The van der Waals surface area contributed by atoms with E-state index in [4.69, 9.17) is 6.42 Å². The third kappa shape index (κ3) is 4.27. The van der Waals surface area contributed by atoms with Gasteiger partial charge in [0.15, 0.2) is 0 Å². The Morgan fingerprint density at radius 3 is 2.35 bits per heavy atom. The van der Waals surface area contributed by atoms with Crippen LogP contribution in [0.1, 0.15) is 16.7 Å². The number of urea groups is 1. The summed E-state index contributed by atoms with van der Waals surface area (Å²) in [5, 5.41) is 4.88. The minimum Gasteiger partial charge on any atom is -0.308 e. The van der Waals surface area contributed by atoms with E-state index in [1.54, 1.807) is 18.2 Å². The van der Waals surface area contributed by atoms with Crippen molar-refractivity contribution in [3.05, 3.63) is 59.2 Å². The molecule has 0 aliphatic carbocycles. The number of halogens is 3. The van der Waals surface area contributed by atoms with Gasteiger partial charge in [0, 0.05) is 16.9 Å². The molecule has 118 valence electrons. The van der Waals surface area contributed by atoms with Crippen molar-refractivity contribution in [3.8, 4) is 12.3 Å². The van der Waals surface area contributed by atoms with E-state index in [2.05, 4.69) is 16.6 Å². The number of rotatable bonds is 2. The molecule has 0 bridgehead atoms. The average molecular weight is 318 g/mol. The topological polar surface area (TPSA) is 41.1 Å². The normalized spacial score (nSPS) is 10.7. The molecule has 6 heteroatoms. The summed E-state index contributed by atoms with van der Waals surface area (Å²) >= 11 is 0. The molecular weight excluding hydrogens is 305 g/mol. The van der Waals surface area contributed by atoms with E-state index < -0.39 is 17.8 Å². The second kappa shape index (κ2) is 6.44. The van der Waals surface area contributed by atoms with Gasteiger partial charge in [-0.3, -0.25) is 0 Å². The molecule has 0 unspecified atom stereocenters. The maximum atomic E-state index is 12.6. The Kier molecular flexibility index (Phi) is 4.60. The molecule has 23 heavy (non-hydrogen) atoms. The number of alkyl halides is 3. The Hall–Kier alpha value is -2.94. The fourth-order valence-electron chi connectivity index (χ4n) is 1.92. The van der Waals surface area contributed by atoms with E-state index in [1.807, 2.05) is 6.92 Å². The van der Waals surface area contributed by atoms with Crippen LogP contribution in [0.3, 0.4) is 0 Å². The summed E-state index contributed by atoms with van der Waals surface area (Å²) < 4.78 is 37.9. The molecule has 3 nitrogen and oxygen atoms in total. The highest BCUT2D eigenvalue weighted by Crippen LogP contribution is 2.30. The SMILES string of the molecule is C#Cc1cc(NC(=O)Nc2cccc(C(F)(F)F)c2)ccc1C. The number of hydrogen-bond acceptors (Lipinski definition) is 1. The van der Waals surface area contributed by atoms with Crippen molar-refractivity contribution in [2.24, 2.45) is 0 Å². The van der Waals surface area contributed by atoms with E-state index in [0.717, 1.165) is 17.7 Å². The van der Waals surface area contributed by atoms with Gasteiger partial charge in [0.2, 0.25) is 0 Å². The van der Waals surface area contributed by atoms with Gasteiger partial charge in [-0.1, -0.05) is 18.1 Å². The van der Waals surface area contributed by atoms with Gasteiger partial charge in [0.1, 0.15) is 0 Å². The summed E-state index contributed by atoms with van der Waals surface area (Å²) in [5.41, 5.74) is 1.17. The van der Waals surface area contributed by atoms with E-state index in [1.165, 1.54) is 12.1 Å². The maximum Gasteiger partial charge on any atom is 0.416 e. The summed E-state index contributed by atoms with van der Waals surface area (Å²) in [4.78, 5) is 11.9. The van der Waals surface area contributed by atoms with Crippen molar-refractivity contribution in [2.75, 3.05) is 10.6 Å². The van der Waals surface area contributed by atoms with Crippen LogP contribution in [0, 0.1) is 19.3 Å². The summed E-state index contributed by atoms with van der Waals surface area (Å²) in [5.74, 6) is 2.49. The fraction of sp³-hybridized carbons (Fsp3) is 0.118. The third-order valence-corrected chi connectivity index (χ3v) is 3.10. The first kappa shape index (κ1) is 16.4. The number of amides is 2. The lowest BCUT2D eigenvalue weighted by atomic mass is 10.1. The van der Waals surface area contributed by atoms with Crippen molar-refractivity contribution < 1.29 is 18.0 Å². The zero-order valence-electron chi connectivity index (χ0n) is 12.2. The standard InChI is InChI=1S/C17H13F3N2O/c1-3-12-9-15(8-7-11(12)2)22-16(23)21-14-6-4-5-13(10-14)17(18,19)20/h1,4-10H,2H3,(H2,21,22,23). The van der Waals surface area contributed by atoms with Crippen LogP contribution in [0.2, 0.25) is 0 Å². The molecule has 2 amide bonds. The zero-order valence-corrected chi connectivity index (χ0v) is 12.2. The van der Waals surface area contributed by atoms with Gasteiger partial charge in [0.25, 0.3) is 0 Å². The van der Waals surface area contributed by atoms with Gasteiger partial charge in [-0.05, 0) is 42.8 Å². The second-order valence-electron chi connectivity index (χ2n) is 4.83. The minimum absolute atomic E-state index is 0.0432. The highest BCUT2D eigenvalue weighted by molar-refractivity contribution is 5.99. The predicted octanol–water partition coefficient (Wildman–Crippen LogP) is 4.64. The van der Waals surface area contributed by atoms with Crippen LogP contribution in [0.25, 0.3) is 0 Å². The highest BCUT2D eigenvalue weighted by atomic mass is 19.4. The maximum absolute atomic E-state index is 12.6. The van der Waals surface area contributed by atoms with Crippen LogP contribution in [-0.4, -0.2) is 6.03 Å². The lowest BCUT2D eigenvalue weighted by molar-refractivity contribution is -0.137. The van der Waals surface area contributed by atoms with Crippen LogP contribution in [0.4, 0.5) is 29.3 Å². The summed E-state index contributed by atoms with van der Waals surface area (Å²) in [6, 6.07) is 8.75. The lowest BCUT2D eigenvalue weighted by Crippen LogP contribution is -2.20. The molecule has 0 saturated heterocycles. The van der Waals surface area contributed by atoms with Gasteiger partial charge in [-0.15, -0.1) is 6.42 Å². The first-order valence-electron chi connectivity index (χ1n) is 6.62. The van der Waals surface area contributed by atoms with Crippen LogP contribution in [0.5, 0.6) is 0 Å². The molecule has 2 aromatic rings. The number of carbonyl (C=O) groups excluding carboxylic acids is 1. The molecule has 0 radical (unpaired) electrons.